The van der Waals surface area contributed by atoms with Gasteiger partial charge in [-0.1, -0.05) is 19.9 Å². The monoisotopic (exact) mass is 411 g/mol. The van der Waals surface area contributed by atoms with Crippen molar-refractivity contribution in [1.82, 2.24) is 15.5 Å². The summed E-state index contributed by atoms with van der Waals surface area (Å²) in [5, 5.41) is 16.9. The highest BCUT2D eigenvalue weighted by Crippen LogP contribution is 2.13. The summed E-state index contributed by atoms with van der Waals surface area (Å²) in [7, 11) is 1.35. The van der Waals surface area contributed by atoms with E-state index in [9.17, 15) is 14.4 Å². The molecule has 0 aliphatic rings. The third kappa shape index (κ3) is 6.67. The quantitative estimate of drug-likeness (QED) is 0.455. The molecule has 30 heavy (non-hydrogen) atoms. The Morgan fingerprint density at radius 3 is 2.60 bits per heavy atom. The summed E-state index contributed by atoms with van der Waals surface area (Å²) in [6.45, 7) is 4.07. The molecule has 1 aromatic heterocycles. The maximum absolute atomic E-state index is 12.7. The van der Waals surface area contributed by atoms with Crippen LogP contribution in [0.3, 0.4) is 0 Å². The number of anilines is 1. The van der Waals surface area contributed by atoms with Gasteiger partial charge in [0, 0.05) is 18.3 Å². The number of carbonyl (C=O) groups is 3. The molecule has 0 radical (unpaired) electrons. The van der Waals surface area contributed by atoms with Crippen LogP contribution in [-0.4, -0.2) is 35.8 Å². The number of nitriles is 1. The van der Waals surface area contributed by atoms with Crippen molar-refractivity contribution >= 4 is 23.5 Å². The third-order valence-corrected chi connectivity index (χ3v) is 4.18. The third-order valence-electron chi connectivity index (χ3n) is 4.18. The molecule has 1 atom stereocenters. The number of hydrogen-bond acceptors (Lipinski definition) is 5. The first-order valence-electron chi connectivity index (χ1n) is 9.45. The van der Waals surface area contributed by atoms with Crippen molar-refractivity contribution in [2.45, 2.75) is 32.9 Å². The number of rotatable bonds is 8. The first-order chi connectivity index (χ1) is 14.3. The zero-order chi connectivity index (χ0) is 22.1. The summed E-state index contributed by atoms with van der Waals surface area (Å²) in [5.74, 6) is -0.204. The van der Waals surface area contributed by atoms with Gasteiger partial charge >= 0.3 is 6.03 Å². The molecule has 9 nitrogen and oxygen atoms in total. The fraction of sp³-hybridized carbons (Fsp3) is 0.333. The van der Waals surface area contributed by atoms with Crippen molar-refractivity contribution < 1.29 is 18.8 Å². The number of urea groups is 1. The van der Waals surface area contributed by atoms with Crippen LogP contribution in [-0.2, 0) is 11.3 Å². The van der Waals surface area contributed by atoms with Gasteiger partial charge in [0.1, 0.15) is 11.8 Å². The Balaban J connectivity index is 2.02. The molecule has 0 aliphatic carbocycles. The van der Waals surface area contributed by atoms with E-state index in [4.69, 9.17) is 9.68 Å². The summed E-state index contributed by atoms with van der Waals surface area (Å²) in [4.78, 5) is 38.0. The van der Waals surface area contributed by atoms with Gasteiger partial charge in [0.15, 0.2) is 6.19 Å². The number of carbonyl (C=O) groups excluding carboxylic acids is 3. The van der Waals surface area contributed by atoms with E-state index in [0.717, 1.165) is 4.90 Å². The fourth-order valence-corrected chi connectivity index (χ4v) is 2.71. The Hall–Kier alpha value is -3.80. The number of hydrogen-bond donors (Lipinski definition) is 3. The van der Waals surface area contributed by atoms with Crippen LogP contribution < -0.4 is 16.0 Å². The average molecular weight is 411 g/mol. The molecule has 3 N–H and O–H groups in total. The molecule has 2 rings (SSSR count). The van der Waals surface area contributed by atoms with Gasteiger partial charge in [-0.05, 0) is 42.7 Å². The molecule has 2 aromatic rings. The van der Waals surface area contributed by atoms with Gasteiger partial charge in [0.2, 0.25) is 0 Å². The predicted octanol–water partition coefficient (Wildman–Crippen LogP) is 2.69. The van der Waals surface area contributed by atoms with E-state index in [0.29, 0.717) is 17.9 Å². The van der Waals surface area contributed by atoms with Gasteiger partial charge in [0.25, 0.3) is 11.8 Å². The smallest absolute Gasteiger partial charge is 0.319 e. The van der Waals surface area contributed by atoms with Crippen LogP contribution in [0.4, 0.5) is 10.5 Å². The van der Waals surface area contributed by atoms with Gasteiger partial charge in [-0.25, -0.2) is 4.79 Å². The van der Waals surface area contributed by atoms with Gasteiger partial charge < -0.3 is 20.4 Å². The van der Waals surface area contributed by atoms with E-state index in [1.54, 1.807) is 36.5 Å². The summed E-state index contributed by atoms with van der Waals surface area (Å²) < 4.78 is 5.15. The Morgan fingerprint density at radius 1 is 1.20 bits per heavy atom. The van der Waals surface area contributed by atoms with Crippen molar-refractivity contribution in [3.63, 3.8) is 0 Å². The number of likely N-dealkylation sites (N-methyl/N-ethyl adjacent to an activating group) is 1. The van der Waals surface area contributed by atoms with Crippen LogP contribution in [0.1, 0.15) is 36.4 Å². The fourth-order valence-electron chi connectivity index (χ4n) is 2.71. The van der Waals surface area contributed by atoms with E-state index in [1.165, 1.54) is 19.4 Å². The molecule has 1 aromatic carbocycles. The molecule has 1 heterocycles. The number of furan rings is 1. The lowest BCUT2D eigenvalue weighted by molar-refractivity contribution is -0.129. The summed E-state index contributed by atoms with van der Waals surface area (Å²) in [6, 6.07) is 8.54. The lowest BCUT2D eigenvalue weighted by Gasteiger charge is -2.21. The van der Waals surface area contributed by atoms with Gasteiger partial charge in [-0.3, -0.25) is 14.5 Å². The molecule has 0 saturated heterocycles. The number of amides is 4. The van der Waals surface area contributed by atoms with E-state index in [2.05, 4.69) is 16.0 Å². The highest BCUT2D eigenvalue weighted by molar-refractivity contribution is 5.99. The minimum Gasteiger partial charge on any atom is -0.467 e. The Kier molecular flexibility index (Phi) is 7.99. The molecule has 0 spiro atoms. The average Bonchev–Trinajstić information content (AvgIpc) is 3.24. The molecule has 0 fully saturated rings. The minimum atomic E-state index is -0.824. The molecule has 158 valence electrons. The van der Waals surface area contributed by atoms with E-state index in [-0.39, 0.29) is 18.0 Å². The highest BCUT2D eigenvalue weighted by Gasteiger charge is 2.25. The van der Waals surface area contributed by atoms with Crippen molar-refractivity contribution in [3.8, 4) is 6.19 Å². The largest absolute Gasteiger partial charge is 0.467 e. The summed E-state index contributed by atoms with van der Waals surface area (Å²) in [6.07, 6.45) is 3.66. The Morgan fingerprint density at radius 2 is 1.97 bits per heavy atom. The SMILES string of the molecule is CC(C)CC(NC(=O)c1cccc(NC(=O)NCc2ccco2)c1)C(=O)N(C)C#N. The molecule has 0 aliphatic heterocycles. The Labute approximate surface area is 175 Å². The van der Waals surface area contributed by atoms with Crippen molar-refractivity contribution in [1.29, 1.82) is 5.26 Å². The highest BCUT2D eigenvalue weighted by atomic mass is 16.3. The minimum absolute atomic E-state index is 0.136. The topological polar surface area (TPSA) is 127 Å². The van der Waals surface area contributed by atoms with E-state index >= 15 is 0 Å². The van der Waals surface area contributed by atoms with Crippen LogP contribution in [0.5, 0.6) is 0 Å². The molecule has 9 heteroatoms. The van der Waals surface area contributed by atoms with Crippen LogP contribution >= 0.6 is 0 Å². The lowest BCUT2D eigenvalue weighted by atomic mass is 10.0. The molecule has 1 unspecified atom stereocenters. The maximum Gasteiger partial charge on any atom is 0.319 e. The predicted molar refractivity (Wildman–Crippen MR) is 110 cm³/mol. The Bertz CT molecular complexity index is 918. The summed E-state index contributed by atoms with van der Waals surface area (Å²) >= 11 is 0. The second kappa shape index (κ2) is 10.7. The van der Waals surface area contributed by atoms with Crippen LogP contribution in [0, 0.1) is 17.4 Å². The summed E-state index contributed by atoms with van der Waals surface area (Å²) in [5.41, 5.74) is 0.695. The van der Waals surface area contributed by atoms with E-state index < -0.39 is 23.9 Å². The zero-order valence-electron chi connectivity index (χ0n) is 17.1. The molecule has 4 amide bonds. The van der Waals surface area contributed by atoms with Crippen molar-refractivity contribution in [3.05, 3.63) is 54.0 Å². The van der Waals surface area contributed by atoms with Crippen molar-refractivity contribution in [2.75, 3.05) is 12.4 Å². The van der Waals surface area contributed by atoms with Gasteiger partial charge in [-0.15, -0.1) is 0 Å². The number of benzene rings is 1. The van der Waals surface area contributed by atoms with Gasteiger partial charge in [-0.2, -0.15) is 5.26 Å². The van der Waals surface area contributed by atoms with Crippen LogP contribution in [0.2, 0.25) is 0 Å². The normalized spacial score (nSPS) is 11.3. The van der Waals surface area contributed by atoms with Gasteiger partial charge in [0.05, 0.1) is 12.8 Å². The standard InChI is InChI=1S/C21H25N5O4/c1-14(2)10-18(20(28)26(3)13-22)25-19(27)15-6-4-7-16(11-15)24-21(29)23-12-17-8-5-9-30-17/h4-9,11,14,18H,10,12H2,1-3H3,(H,25,27)(H2,23,24,29). The van der Waals surface area contributed by atoms with Crippen LogP contribution in [0.25, 0.3) is 0 Å². The molecular formula is C21H25N5O4. The van der Waals surface area contributed by atoms with Crippen LogP contribution in [0.15, 0.2) is 47.1 Å². The lowest BCUT2D eigenvalue weighted by Crippen LogP contribution is -2.46. The first-order valence-corrected chi connectivity index (χ1v) is 9.45. The number of nitrogens with one attached hydrogen (secondary N) is 3. The zero-order valence-corrected chi connectivity index (χ0v) is 17.1. The van der Waals surface area contributed by atoms with Crippen molar-refractivity contribution in [2.24, 2.45) is 5.92 Å². The first kappa shape index (κ1) is 22.5. The second-order valence-corrected chi connectivity index (χ2v) is 7.12. The molecule has 0 bridgehead atoms. The second-order valence-electron chi connectivity index (χ2n) is 7.12. The molecular weight excluding hydrogens is 386 g/mol. The van der Waals surface area contributed by atoms with E-state index in [1.807, 2.05) is 13.8 Å². The number of nitrogens with zero attached hydrogens (tertiary/aromatic N) is 2. The maximum atomic E-state index is 12.7. The molecule has 0 saturated carbocycles.